The number of amides is 1. The van der Waals surface area contributed by atoms with Crippen molar-refractivity contribution in [2.45, 2.75) is 39.4 Å². The Morgan fingerprint density at radius 3 is 2.70 bits per heavy atom. The lowest BCUT2D eigenvalue weighted by Gasteiger charge is -2.17. The van der Waals surface area contributed by atoms with E-state index in [9.17, 15) is 14.3 Å². The number of carbonyl (C=O) groups is 1. The third kappa shape index (κ3) is 6.02. The zero-order chi connectivity index (χ0) is 15.1. The molecule has 0 fully saturated rings. The van der Waals surface area contributed by atoms with Gasteiger partial charge in [0.05, 0.1) is 6.10 Å². The number of aliphatic hydroxyl groups is 1. The molecule has 0 radical (unpaired) electrons. The minimum Gasteiger partial charge on any atom is -0.481 e. The maximum atomic E-state index is 13.0. The summed E-state index contributed by atoms with van der Waals surface area (Å²) in [6, 6.07) is 5.62. The van der Waals surface area contributed by atoms with E-state index in [0.29, 0.717) is 18.1 Å². The number of rotatable bonds is 7. The number of halogens is 1. The van der Waals surface area contributed by atoms with E-state index in [4.69, 9.17) is 4.74 Å². The molecular formula is C15H22FNO3. The van der Waals surface area contributed by atoms with Gasteiger partial charge in [0, 0.05) is 12.6 Å². The molecule has 1 aromatic carbocycles. The summed E-state index contributed by atoms with van der Waals surface area (Å²) in [5.41, 5.74) is 0. The second-order valence-electron chi connectivity index (χ2n) is 5.25. The fourth-order valence-electron chi connectivity index (χ4n) is 1.79. The molecule has 4 nitrogen and oxygen atoms in total. The van der Waals surface area contributed by atoms with Crippen molar-refractivity contribution in [1.29, 1.82) is 0 Å². The van der Waals surface area contributed by atoms with E-state index in [0.717, 1.165) is 0 Å². The third-order valence-electron chi connectivity index (χ3n) is 2.73. The summed E-state index contributed by atoms with van der Waals surface area (Å²) in [6.07, 6.45) is -0.692. The molecule has 0 bridgehead atoms. The lowest BCUT2D eigenvalue weighted by Crippen LogP contribution is -2.40. The van der Waals surface area contributed by atoms with Crippen molar-refractivity contribution in [2.75, 3.05) is 6.54 Å². The van der Waals surface area contributed by atoms with Crippen LogP contribution in [-0.4, -0.2) is 29.8 Å². The maximum Gasteiger partial charge on any atom is 0.260 e. The zero-order valence-corrected chi connectivity index (χ0v) is 12.1. The highest BCUT2D eigenvalue weighted by molar-refractivity contribution is 5.80. The van der Waals surface area contributed by atoms with Crippen LogP contribution in [0.25, 0.3) is 0 Å². The minimum absolute atomic E-state index is 0.188. The molecule has 0 saturated carbocycles. The van der Waals surface area contributed by atoms with Crippen LogP contribution < -0.4 is 10.1 Å². The molecule has 2 N–H and O–H groups in total. The molecule has 2 unspecified atom stereocenters. The molecule has 112 valence electrons. The van der Waals surface area contributed by atoms with Gasteiger partial charge in [0.1, 0.15) is 11.6 Å². The Balaban J connectivity index is 2.39. The van der Waals surface area contributed by atoms with Crippen LogP contribution in [0, 0.1) is 11.7 Å². The number of hydrogen-bond donors (Lipinski definition) is 2. The monoisotopic (exact) mass is 283 g/mol. The van der Waals surface area contributed by atoms with Gasteiger partial charge in [0.25, 0.3) is 5.91 Å². The standard InChI is InChI=1S/C15H22FNO3/c1-10(2)7-13(18)9-17-15(19)11(3)20-14-6-4-5-12(16)8-14/h4-6,8,10-11,13,18H,7,9H2,1-3H3,(H,17,19). The van der Waals surface area contributed by atoms with Crippen molar-refractivity contribution in [2.24, 2.45) is 5.92 Å². The van der Waals surface area contributed by atoms with Crippen molar-refractivity contribution in [1.82, 2.24) is 5.32 Å². The lowest BCUT2D eigenvalue weighted by atomic mass is 10.1. The first-order chi connectivity index (χ1) is 9.38. The summed E-state index contributed by atoms with van der Waals surface area (Å²) < 4.78 is 18.3. The van der Waals surface area contributed by atoms with Crippen molar-refractivity contribution >= 4 is 5.91 Å². The number of aliphatic hydroxyl groups excluding tert-OH is 1. The molecule has 2 atom stereocenters. The molecule has 0 aliphatic rings. The van der Waals surface area contributed by atoms with Crippen LogP contribution in [0.1, 0.15) is 27.2 Å². The normalized spacial score (nSPS) is 13.9. The molecule has 0 aliphatic heterocycles. The fourth-order valence-corrected chi connectivity index (χ4v) is 1.79. The predicted molar refractivity (Wildman–Crippen MR) is 75.0 cm³/mol. The predicted octanol–water partition coefficient (Wildman–Crippen LogP) is 2.12. The van der Waals surface area contributed by atoms with Crippen molar-refractivity contribution in [3.8, 4) is 5.75 Å². The van der Waals surface area contributed by atoms with Crippen molar-refractivity contribution in [3.63, 3.8) is 0 Å². The molecule has 1 amide bonds. The van der Waals surface area contributed by atoms with Crippen molar-refractivity contribution in [3.05, 3.63) is 30.1 Å². The van der Waals surface area contributed by atoms with Gasteiger partial charge in [-0.05, 0) is 31.4 Å². The van der Waals surface area contributed by atoms with Gasteiger partial charge in [-0.2, -0.15) is 0 Å². The smallest absolute Gasteiger partial charge is 0.260 e. The van der Waals surface area contributed by atoms with Gasteiger partial charge < -0.3 is 15.2 Å². The molecule has 0 aliphatic carbocycles. The summed E-state index contributed by atoms with van der Waals surface area (Å²) >= 11 is 0. The molecule has 20 heavy (non-hydrogen) atoms. The highest BCUT2D eigenvalue weighted by Gasteiger charge is 2.16. The van der Waals surface area contributed by atoms with E-state index in [-0.39, 0.29) is 12.5 Å². The van der Waals surface area contributed by atoms with Crippen LogP contribution in [0.3, 0.4) is 0 Å². The molecule has 0 saturated heterocycles. The SMILES string of the molecule is CC(C)CC(O)CNC(=O)C(C)Oc1cccc(F)c1. The van der Waals surface area contributed by atoms with Crippen LogP contribution in [0.2, 0.25) is 0 Å². The summed E-state index contributed by atoms with van der Waals surface area (Å²) in [7, 11) is 0. The number of benzene rings is 1. The van der Waals surface area contributed by atoms with Crippen molar-refractivity contribution < 1.29 is 19.0 Å². The van der Waals surface area contributed by atoms with Crippen LogP contribution in [0.4, 0.5) is 4.39 Å². The highest BCUT2D eigenvalue weighted by atomic mass is 19.1. The molecule has 5 heteroatoms. The van der Waals surface area contributed by atoms with Crippen LogP contribution in [0.15, 0.2) is 24.3 Å². The first kappa shape index (κ1) is 16.4. The first-order valence-electron chi connectivity index (χ1n) is 6.76. The van der Waals surface area contributed by atoms with E-state index in [2.05, 4.69) is 5.32 Å². The summed E-state index contributed by atoms with van der Waals surface area (Å²) in [5.74, 6) is -0.0854. The quantitative estimate of drug-likeness (QED) is 0.806. The minimum atomic E-state index is -0.747. The molecular weight excluding hydrogens is 261 g/mol. The Labute approximate surface area is 119 Å². The Hall–Kier alpha value is -1.62. The van der Waals surface area contributed by atoms with Gasteiger partial charge in [-0.15, -0.1) is 0 Å². The summed E-state index contributed by atoms with van der Waals surface area (Å²) in [4.78, 5) is 11.8. The Kier molecular flexibility index (Phi) is 6.45. The molecule has 0 aromatic heterocycles. The number of carbonyl (C=O) groups excluding carboxylic acids is 1. The Morgan fingerprint density at radius 2 is 2.10 bits per heavy atom. The summed E-state index contributed by atoms with van der Waals surface area (Å²) in [5, 5.41) is 12.3. The van der Waals surface area contributed by atoms with Gasteiger partial charge in [-0.3, -0.25) is 4.79 Å². The number of hydrogen-bond acceptors (Lipinski definition) is 3. The largest absolute Gasteiger partial charge is 0.481 e. The highest BCUT2D eigenvalue weighted by Crippen LogP contribution is 2.13. The molecule has 0 spiro atoms. The Morgan fingerprint density at radius 1 is 1.40 bits per heavy atom. The number of nitrogens with one attached hydrogen (secondary N) is 1. The van der Waals surface area contributed by atoms with E-state index in [1.807, 2.05) is 13.8 Å². The average Bonchev–Trinajstić information content (AvgIpc) is 2.35. The van der Waals surface area contributed by atoms with Gasteiger partial charge in [-0.25, -0.2) is 4.39 Å². The summed E-state index contributed by atoms with van der Waals surface area (Å²) in [6.45, 7) is 5.77. The lowest BCUT2D eigenvalue weighted by molar-refractivity contribution is -0.127. The second kappa shape index (κ2) is 7.85. The first-order valence-corrected chi connectivity index (χ1v) is 6.76. The molecule has 1 aromatic rings. The van der Waals surface area contributed by atoms with E-state index in [1.54, 1.807) is 13.0 Å². The van der Waals surface area contributed by atoms with Crippen LogP contribution in [0.5, 0.6) is 5.75 Å². The molecule has 0 heterocycles. The van der Waals surface area contributed by atoms with E-state index < -0.39 is 18.0 Å². The second-order valence-corrected chi connectivity index (χ2v) is 5.25. The zero-order valence-electron chi connectivity index (χ0n) is 12.1. The van der Waals surface area contributed by atoms with Crippen LogP contribution >= 0.6 is 0 Å². The fraction of sp³-hybridized carbons (Fsp3) is 0.533. The number of ether oxygens (including phenoxy) is 1. The van der Waals surface area contributed by atoms with Crippen LogP contribution in [-0.2, 0) is 4.79 Å². The van der Waals surface area contributed by atoms with Gasteiger partial charge in [0.2, 0.25) is 0 Å². The van der Waals surface area contributed by atoms with Gasteiger partial charge in [-0.1, -0.05) is 19.9 Å². The Bertz CT molecular complexity index is 437. The van der Waals surface area contributed by atoms with E-state index >= 15 is 0 Å². The maximum absolute atomic E-state index is 13.0. The topological polar surface area (TPSA) is 58.6 Å². The van der Waals surface area contributed by atoms with Gasteiger partial charge >= 0.3 is 0 Å². The average molecular weight is 283 g/mol. The van der Waals surface area contributed by atoms with Gasteiger partial charge in [0.15, 0.2) is 6.10 Å². The van der Waals surface area contributed by atoms with E-state index in [1.165, 1.54) is 18.2 Å². The third-order valence-corrected chi connectivity index (χ3v) is 2.73. The molecule has 1 rings (SSSR count).